The Bertz CT molecular complexity index is 1020. The molecule has 0 fully saturated rings. The van der Waals surface area contributed by atoms with Crippen LogP contribution in [0.15, 0.2) is 36.4 Å². The van der Waals surface area contributed by atoms with Crippen LogP contribution < -0.4 is 10.1 Å². The van der Waals surface area contributed by atoms with Gasteiger partial charge in [0.05, 0.1) is 23.1 Å². The van der Waals surface area contributed by atoms with E-state index in [1.807, 2.05) is 31.2 Å². The Kier molecular flexibility index (Phi) is 3.49. The predicted octanol–water partition coefficient (Wildman–Crippen LogP) is 4.99. The van der Waals surface area contributed by atoms with E-state index in [-0.39, 0.29) is 23.9 Å². The SMILES string of the molecule is CC1N[C@@H]2C[C@H](c3c(OC(F)F)cccc31)n1c2nc2ccc(Cl)cc21. The van der Waals surface area contributed by atoms with Crippen molar-refractivity contribution in [2.45, 2.75) is 38.1 Å². The van der Waals surface area contributed by atoms with Gasteiger partial charge in [0.15, 0.2) is 0 Å². The molecule has 1 unspecified atom stereocenters. The number of imidazole rings is 1. The maximum Gasteiger partial charge on any atom is 0.387 e. The summed E-state index contributed by atoms with van der Waals surface area (Å²) in [6.07, 6.45) is 0.742. The molecule has 0 radical (unpaired) electrons. The molecule has 0 spiro atoms. The van der Waals surface area contributed by atoms with E-state index >= 15 is 0 Å². The van der Waals surface area contributed by atoms with Gasteiger partial charge in [0.25, 0.3) is 0 Å². The third-order valence-electron chi connectivity index (χ3n) is 5.33. The highest BCUT2D eigenvalue weighted by atomic mass is 35.5. The lowest BCUT2D eigenvalue weighted by atomic mass is 9.95. The number of hydrogen-bond acceptors (Lipinski definition) is 3. The van der Waals surface area contributed by atoms with Crippen LogP contribution >= 0.6 is 11.6 Å². The number of benzene rings is 2. The highest BCUT2D eigenvalue weighted by Gasteiger charge is 2.41. The zero-order valence-electron chi connectivity index (χ0n) is 13.9. The Morgan fingerprint density at radius 2 is 2.15 bits per heavy atom. The van der Waals surface area contributed by atoms with E-state index in [2.05, 4.69) is 9.88 Å². The number of fused-ring (bicyclic) bond motifs is 9. The van der Waals surface area contributed by atoms with Gasteiger partial charge in [-0.2, -0.15) is 8.78 Å². The monoisotopic (exact) mass is 375 g/mol. The number of aromatic nitrogens is 2. The third kappa shape index (κ3) is 2.25. The minimum Gasteiger partial charge on any atom is -0.434 e. The van der Waals surface area contributed by atoms with Gasteiger partial charge in [-0.25, -0.2) is 4.98 Å². The first kappa shape index (κ1) is 16.0. The van der Waals surface area contributed by atoms with Crippen molar-refractivity contribution in [1.29, 1.82) is 0 Å². The lowest BCUT2D eigenvalue weighted by Gasteiger charge is -2.24. The zero-order valence-corrected chi connectivity index (χ0v) is 14.7. The smallest absolute Gasteiger partial charge is 0.387 e. The zero-order chi connectivity index (χ0) is 18.0. The molecule has 0 amide bonds. The van der Waals surface area contributed by atoms with Crippen molar-refractivity contribution in [3.8, 4) is 5.75 Å². The van der Waals surface area contributed by atoms with E-state index in [1.54, 1.807) is 12.1 Å². The second-order valence-electron chi connectivity index (χ2n) is 6.80. The molecule has 1 aromatic heterocycles. The molecule has 0 saturated carbocycles. The van der Waals surface area contributed by atoms with Gasteiger partial charge in [-0.15, -0.1) is 0 Å². The van der Waals surface area contributed by atoms with Crippen molar-refractivity contribution in [1.82, 2.24) is 14.9 Å². The van der Waals surface area contributed by atoms with Crippen LogP contribution in [0.2, 0.25) is 5.02 Å². The molecule has 2 aliphatic heterocycles. The van der Waals surface area contributed by atoms with E-state index in [9.17, 15) is 8.78 Å². The minimum absolute atomic E-state index is 0.0124. The topological polar surface area (TPSA) is 39.1 Å². The van der Waals surface area contributed by atoms with Crippen molar-refractivity contribution in [2.24, 2.45) is 0 Å². The first-order valence-corrected chi connectivity index (χ1v) is 8.92. The van der Waals surface area contributed by atoms with Crippen LogP contribution in [0.1, 0.15) is 48.4 Å². The van der Waals surface area contributed by atoms with Gasteiger partial charge in [0.2, 0.25) is 0 Å². The average molecular weight is 376 g/mol. The van der Waals surface area contributed by atoms with Gasteiger partial charge in [0, 0.05) is 16.6 Å². The summed E-state index contributed by atoms with van der Waals surface area (Å²) in [6, 6.07) is 10.9. The highest BCUT2D eigenvalue weighted by molar-refractivity contribution is 6.31. The Balaban J connectivity index is 1.78. The molecular formula is C19H16ClF2N3O. The van der Waals surface area contributed by atoms with Crippen LogP contribution in [-0.4, -0.2) is 16.2 Å². The summed E-state index contributed by atoms with van der Waals surface area (Å²) in [5.41, 5.74) is 3.54. The lowest BCUT2D eigenvalue weighted by molar-refractivity contribution is -0.0507. The summed E-state index contributed by atoms with van der Waals surface area (Å²) < 4.78 is 33.0. The molecule has 3 aromatic rings. The number of ether oxygens (including phenoxy) is 1. The van der Waals surface area contributed by atoms with E-state index in [0.29, 0.717) is 5.02 Å². The average Bonchev–Trinajstić information content (AvgIpc) is 3.07. The van der Waals surface area contributed by atoms with Crippen molar-refractivity contribution in [2.75, 3.05) is 0 Å². The first-order valence-electron chi connectivity index (χ1n) is 8.54. The molecule has 3 atom stereocenters. The van der Waals surface area contributed by atoms with Crippen LogP contribution in [0, 0.1) is 0 Å². The molecule has 2 aliphatic rings. The number of hydrogen-bond donors (Lipinski definition) is 1. The lowest BCUT2D eigenvalue weighted by Crippen LogP contribution is -2.24. The first-order chi connectivity index (χ1) is 12.5. The molecular weight excluding hydrogens is 360 g/mol. The molecule has 0 saturated heterocycles. The molecule has 0 aliphatic carbocycles. The summed E-state index contributed by atoms with van der Waals surface area (Å²) >= 11 is 6.20. The van der Waals surface area contributed by atoms with E-state index in [1.165, 1.54) is 0 Å². The van der Waals surface area contributed by atoms with Gasteiger partial charge in [-0.3, -0.25) is 0 Å². The molecule has 1 N–H and O–H groups in total. The van der Waals surface area contributed by atoms with Gasteiger partial charge in [-0.1, -0.05) is 23.7 Å². The van der Waals surface area contributed by atoms with Crippen molar-refractivity contribution in [3.05, 3.63) is 58.4 Å². The Morgan fingerprint density at radius 1 is 1.31 bits per heavy atom. The maximum atomic E-state index is 13.0. The van der Waals surface area contributed by atoms with Gasteiger partial charge in [-0.05, 0) is 43.2 Å². The fraction of sp³-hybridized carbons (Fsp3) is 0.316. The second kappa shape index (κ2) is 5.66. The van der Waals surface area contributed by atoms with Gasteiger partial charge in [0.1, 0.15) is 11.6 Å². The molecule has 7 heteroatoms. The maximum absolute atomic E-state index is 13.0. The predicted molar refractivity (Wildman–Crippen MR) is 94.9 cm³/mol. The number of nitrogens with one attached hydrogen (secondary N) is 1. The summed E-state index contributed by atoms with van der Waals surface area (Å²) in [5.74, 6) is 1.14. The van der Waals surface area contributed by atoms with Crippen LogP contribution in [0.25, 0.3) is 11.0 Å². The van der Waals surface area contributed by atoms with Crippen LogP contribution in [0.3, 0.4) is 0 Å². The molecule has 3 heterocycles. The summed E-state index contributed by atoms with van der Waals surface area (Å²) in [5, 5.41) is 4.20. The quantitative estimate of drug-likeness (QED) is 0.685. The number of nitrogens with zero attached hydrogens (tertiary/aromatic N) is 2. The Hall–Kier alpha value is -2.18. The summed E-state index contributed by atoms with van der Waals surface area (Å²) in [7, 11) is 0. The minimum atomic E-state index is -2.86. The number of rotatable bonds is 2. The summed E-state index contributed by atoms with van der Waals surface area (Å²) in [4.78, 5) is 4.77. The van der Waals surface area contributed by atoms with E-state index < -0.39 is 6.61 Å². The van der Waals surface area contributed by atoms with Crippen LogP contribution in [0.5, 0.6) is 5.75 Å². The number of alkyl halides is 2. The second-order valence-corrected chi connectivity index (χ2v) is 7.24. The van der Waals surface area contributed by atoms with Crippen LogP contribution in [-0.2, 0) is 0 Å². The molecule has 4 nitrogen and oxygen atoms in total. The fourth-order valence-electron chi connectivity index (χ4n) is 4.37. The summed E-state index contributed by atoms with van der Waals surface area (Å²) in [6.45, 7) is -0.825. The standard InChI is InChI=1S/C19H16ClF2N3O/c1-9-11-3-2-4-16(26-19(21)22)17(11)15-8-13(23-9)18-24-12-6-5-10(20)7-14(12)25(15)18/h2-7,9,13,15,19,23H,8H2,1H3/t9?,13-,15-/m1/s1. The molecule has 2 bridgehead atoms. The molecule has 2 aromatic carbocycles. The van der Waals surface area contributed by atoms with Crippen molar-refractivity contribution in [3.63, 3.8) is 0 Å². The normalized spacial score (nSPS) is 23.8. The van der Waals surface area contributed by atoms with Gasteiger partial charge >= 0.3 is 6.61 Å². The van der Waals surface area contributed by atoms with E-state index in [4.69, 9.17) is 21.3 Å². The highest BCUT2D eigenvalue weighted by Crippen LogP contribution is 2.49. The Labute approximate surface area is 153 Å². The third-order valence-corrected chi connectivity index (χ3v) is 5.56. The van der Waals surface area contributed by atoms with E-state index in [0.717, 1.165) is 34.4 Å². The molecule has 26 heavy (non-hydrogen) atoms. The Morgan fingerprint density at radius 3 is 2.96 bits per heavy atom. The molecule has 134 valence electrons. The largest absolute Gasteiger partial charge is 0.434 e. The van der Waals surface area contributed by atoms with Crippen molar-refractivity contribution < 1.29 is 13.5 Å². The van der Waals surface area contributed by atoms with Crippen LogP contribution in [0.4, 0.5) is 8.78 Å². The molecule has 5 rings (SSSR count). The fourth-order valence-corrected chi connectivity index (χ4v) is 4.53. The van der Waals surface area contributed by atoms with Gasteiger partial charge < -0.3 is 14.6 Å². The number of halogens is 3. The van der Waals surface area contributed by atoms with Crippen molar-refractivity contribution >= 4 is 22.6 Å².